The summed E-state index contributed by atoms with van der Waals surface area (Å²) in [6.45, 7) is 17.3. The van der Waals surface area contributed by atoms with E-state index < -0.39 is 23.0 Å². The smallest absolute Gasteiger partial charge is 0.327 e. The number of cyclic esters (lactones) is 1. The molecule has 5 atom stereocenters. The largest absolute Gasteiger partial charge is 0.464 e. The number of aryl methyl sites for hydroxylation is 1. The number of likely N-dealkylation sites (N-methyl/N-ethyl adjacent to an activating group) is 2. The van der Waals surface area contributed by atoms with Crippen LogP contribution in [0.1, 0.15) is 82.8 Å². The topological polar surface area (TPSA) is 149 Å². The lowest BCUT2D eigenvalue weighted by molar-refractivity contribution is -0.162. The van der Waals surface area contributed by atoms with Gasteiger partial charge in [0.2, 0.25) is 0 Å². The van der Waals surface area contributed by atoms with E-state index >= 15 is 0 Å². The second-order valence-corrected chi connectivity index (χ2v) is 20.9. The normalized spacial score (nSPS) is 26.3. The van der Waals surface area contributed by atoms with Gasteiger partial charge in [-0.15, -0.1) is 11.8 Å². The Morgan fingerprint density at radius 1 is 1.11 bits per heavy atom. The highest BCUT2D eigenvalue weighted by Gasteiger charge is 2.44. The van der Waals surface area contributed by atoms with Gasteiger partial charge in [-0.25, -0.2) is 15.0 Å². The van der Waals surface area contributed by atoms with E-state index in [2.05, 4.69) is 84.1 Å². The minimum atomic E-state index is -1.16. The van der Waals surface area contributed by atoms with E-state index in [4.69, 9.17) is 24.2 Å². The molecule has 354 valence electrons. The lowest BCUT2D eigenvalue weighted by Crippen LogP contribution is -2.66. The molecule has 1 unspecified atom stereocenters. The number of anilines is 1. The van der Waals surface area contributed by atoms with E-state index in [0.29, 0.717) is 57.9 Å². The van der Waals surface area contributed by atoms with Crippen LogP contribution in [-0.4, -0.2) is 169 Å². The number of pyridine rings is 1. The quantitative estimate of drug-likeness (QED) is 0.290. The molecule has 5 aliphatic heterocycles. The summed E-state index contributed by atoms with van der Waals surface area (Å²) in [5.41, 5.74) is 9.10. The summed E-state index contributed by atoms with van der Waals surface area (Å²) in [6.07, 6.45) is 3.66. The average molecular weight is 915 g/mol. The van der Waals surface area contributed by atoms with E-state index in [1.54, 1.807) is 23.8 Å². The number of aromatic nitrogens is 2. The summed E-state index contributed by atoms with van der Waals surface area (Å²) in [5, 5.41) is 6.57. The molecule has 8 rings (SSSR count). The molecule has 5 aliphatic rings. The van der Waals surface area contributed by atoms with Gasteiger partial charge in [-0.2, -0.15) is 0 Å². The van der Waals surface area contributed by atoms with Crippen molar-refractivity contribution in [2.75, 3.05) is 105 Å². The highest BCUT2D eigenvalue weighted by Crippen LogP contribution is 2.44. The van der Waals surface area contributed by atoms with Gasteiger partial charge in [0, 0.05) is 93.5 Å². The molecule has 0 aliphatic carbocycles. The number of benzene rings is 1. The Morgan fingerprint density at radius 3 is 2.63 bits per heavy atom. The third kappa shape index (κ3) is 10.1. The molecule has 17 heteroatoms. The number of aliphatic imine (C=N–C) groups is 1. The lowest BCUT2D eigenvalue weighted by atomic mass is 9.84. The van der Waals surface area contributed by atoms with Crippen LogP contribution in [0.3, 0.4) is 0 Å². The molecule has 2 N–H and O–H groups in total. The van der Waals surface area contributed by atoms with Crippen molar-refractivity contribution in [3.8, 4) is 11.3 Å². The second kappa shape index (κ2) is 19.5. The summed E-state index contributed by atoms with van der Waals surface area (Å²) >= 11 is 1.63. The van der Waals surface area contributed by atoms with Crippen molar-refractivity contribution in [3.05, 3.63) is 47.3 Å². The fourth-order valence-corrected chi connectivity index (χ4v) is 11.2. The number of fused-ring (bicyclic) bond motifs is 5. The van der Waals surface area contributed by atoms with Crippen molar-refractivity contribution in [2.45, 2.75) is 96.6 Å². The summed E-state index contributed by atoms with van der Waals surface area (Å²) in [5.74, 6) is -0.0151. The van der Waals surface area contributed by atoms with Gasteiger partial charge in [0.1, 0.15) is 11.6 Å². The van der Waals surface area contributed by atoms with Gasteiger partial charge >= 0.3 is 12.0 Å². The number of urea groups is 1. The number of hydrazine groups is 1. The number of carbonyl (C=O) groups excluding carboxylic acids is 3. The zero-order valence-corrected chi connectivity index (χ0v) is 40.8. The Bertz CT molecular complexity index is 2270. The molecule has 3 amide bonds. The lowest BCUT2D eigenvalue weighted by Gasteiger charge is -2.42. The van der Waals surface area contributed by atoms with Crippen LogP contribution in [0.5, 0.6) is 0 Å². The van der Waals surface area contributed by atoms with E-state index in [9.17, 15) is 14.4 Å². The number of hydrogen-bond acceptors (Lipinski definition) is 13. The number of esters is 1. The van der Waals surface area contributed by atoms with Gasteiger partial charge in [-0.05, 0) is 90.5 Å². The minimum Gasteiger partial charge on any atom is -0.464 e. The van der Waals surface area contributed by atoms with Gasteiger partial charge in [0.15, 0.2) is 0 Å². The van der Waals surface area contributed by atoms with Crippen molar-refractivity contribution in [1.82, 2.24) is 40.0 Å². The molecule has 3 fully saturated rings. The van der Waals surface area contributed by atoms with Crippen LogP contribution in [-0.2, 0) is 36.8 Å². The molecule has 16 nitrogen and oxygen atoms in total. The van der Waals surface area contributed by atoms with E-state index in [1.807, 2.05) is 32.1 Å². The van der Waals surface area contributed by atoms with Crippen LogP contribution in [0, 0.1) is 5.41 Å². The highest BCUT2D eigenvalue weighted by molar-refractivity contribution is 8.14. The Morgan fingerprint density at radius 2 is 1.89 bits per heavy atom. The summed E-state index contributed by atoms with van der Waals surface area (Å²) < 4.78 is 20.5. The maximum atomic E-state index is 14.6. The summed E-state index contributed by atoms with van der Waals surface area (Å²) in [6, 6.07) is 7.47. The van der Waals surface area contributed by atoms with Crippen LogP contribution >= 0.6 is 11.8 Å². The van der Waals surface area contributed by atoms with E-state index in [1.165, 1.54) is 10.6 Å². The summed E-state index contributed by atoms with van der Waals surface area (Å²) in [4.78, 5) is 62.1. The van der Waals surface area contributed by atoms with Crippen LogP contribution in [0.25, 0.3) is 22.2 Å². The third-order valence-electron chi connectivity index (χ3n) is 13.8. The van der Waals surface area contributed by atoms with Crippen molar-refractivity contribution in [3.63, 3.8) is 0 Å². The number of carbonyl (C=O) groups is 3. The first kappa shape index (κ1) is 47.2. The first-order valence-corrected chi connectivity index (χ1v) is 24.4. The molecule has 3 saturated heterocycles. The van der Waals surface area contributed by atoms with E-state index in [0.717, 1.165) is 76.9 Å². The van der Waals surface area contributed by atoms with Gasteiger partial charge in [0.05, 0.1) is 66.3 Å². The number of morpholine rings is 1. The number of nitrogens with zero attached hydrogens (tertiary/aromatic N) is 8. The van der Waals surface area contributed by atoms with E-state index in [-0.39, 0.29) is 43.2 Å². The fraction of sp³-hybridized carbons (Fsp3) is 0.646. The summed E-state index contributed by atoms with van der Waals surface area (Å²) in [7, 11) is 7.84. The van der Waals surface area contributed by atoms with Crippen molar-refractivity contribution in [2.24, 2.45) is 10.4 Å². The molecule has 2 aromatic heterocycles. The highest BCUT2D eigenvalue weighted by atomic mass is 32.2. The number of thioether (sulfide) groups is 1. The molecule has 7 heterocycles. The predicted octanol–water partition coefficient (Wildman–Crippen LogP) is 5.11. The molecule has 65 heavy (non-hydrogen) atoms. The molecule has 1 aromatic carbocycles. The Kier molecular flexibility index (Phi) is 14.2. The van der Waals surface area contributed by atoms with Crippen molar-refractivity contribution in [1.29, 1.82) is 0 Å². The Hall–Kier alpha value is -4.26. The average Bonchev–Trinajstić information content (AvgIpc) is 3.88. The standard InChI is InChI=1S/C48H70N10O6S/c1-10-56-40-13-12-32-22-35(40)37(43(56)36-23-33(26-49-42(36)31(2)62-9)55-18-16-54(8)17-19-55)25-47(3,4)30-64-45(60)48(5)14-11-15-58(52-48)44(59)38(24-41-50-39(32)29-65-41)51-46(61)57-20-21-63-28-34(57)27-53(6)7/h12-13,22-23,26,31,34,38-39,52H,10-11,14-21,24-25,27-30H2,1-9H3,(H,51,61)/t31-,34-,38-,39?,48+/m0/s1. The fourth-order valence-electron chi connectivity index (χ4n) is 10.1. The van der Waals surface area contributed by atoms with Crippen LogP contribution in [0.15, 0.2) is 35.5 Å². The van der Waals surface area contributed by atoms with Gasteiger partial charge in [0.25, 0.3) is 5.91 Å². The molecule has 6 bridgehead atoms. The SMILES string of the molecule is CCn1c(-c2cc(N3CCN(C)CC3)cnc2[C@H](C)OC)c2c3cc(ccc31)C1CSC(=N1)C[C@H](NC(=O)N1CCOC[C@@H]1CN(C)C)C(=O)N1CCC[C@@](C)(N1)C(=O)OCC(C)(C)C2. The zero-order valence-electron chi connectivity index (χ0n) is 39.9. The maximum absolute atomic E-state index is 14.6. The van der Waals surface area contributed by atoms with Gasteiger partial charge in [-0.1, -0.05) is 19.9 Å². The van der Waals surface area contributed by atoms with Crippen LogP contribution in [0.2, 0.25) is 0 Å². The number of rotatable bonds is 8. The molecule has 0 spiro atoms. The molecule has 0 saturated carbocycles. The number of nitrogens with one attached hydrogen (secondary N) is 2. The zero-order chi connectivity index (χ0) is 46.2. The van der Waals surface area contributed by atoms with Crippen molar-refractivity contribution < 1.29 is 28.6 Å². The maximum Gasteiger partial charge on any atom is 0.327 e. The molecule has 3 aromatic rings. The third-order valence-corrected chi connectivity index (χ3v) is 14.9. The Balaban J connectivity index is 1.23. The first-order chi connectivity index (χ1) is 31.1. The monoisotopic (exact) mass is 915 g/mol. The van der Waals surface area contributed by atoms with Crippen LogP contribution in [0.4, 0.5) is 10.5 Å². The van der Waals surface area contributed by atoms with Gasteiger partial charge < -0.3 is 43.7 Å². The minimum absolute atomic E-state index is 0.147. The second-order valence-electron chi connectivity index (χ2n) is 19.8. The first-order valence-electron chi connectivity index (χ1n) is 23.4. The number of piperazine rings is 1. The molecule has 0 radical (unpaired) electrons. The number of hydrogen-bond donors (Lipinski definition) is 2. The number of ether oxygens (including phenoxy) is 3. The Labute approximate surface area is 388 Å². The molecular weight excluding hydrogens is 845 g/mol. The number of amides is 3. The molecular formula is C48H70N10O6S. The van der Waals surface area contributed by atoms with Crippen LogP contribution < -0.4 is 15.6 Å². The number of methoxy groups -OCH3 is 1. The predicted molar refractivity (Wildman–Crippen MR) is 256 cm³/mol. The van der Waals surface area contributed by atoms with Crippen molar-refractivity contribution >= 4 is 51.3 Å². The van der Waals surface area contributed by atoms with Gasteiger partial charge in [-0.3, -0.25) is 19.8 Å².